The molecule has 32 heavy (non-hydrogen) atoms. The van der Waals surface area contributed by atoms with Crippen LogP contribution in [-0.4, -0.2) is 58.6 Å². The van der Waals surface area contributed by atoms with E-state index in [2.05, 4.69) is 25.9 Å². The molecule has 0 atom stereocenters. The van der Waals surface area contributed by atoms with E-state index in [0.29, 0.717) is 43.5 Å². The van der Waals surface area contributed by atoms with E-state index in [4.69, 9.17) is 4.74 Å². The van der Waals surface area contributed by atoms with Crippen molar-refractivity contribution in [3.8, 4) is 11.3 Å². The molecule has 0 bridgehead atoms. The first-order chi connectivity index (χ1) is 15.6. The minimum absolute atomic E-state index is 0.0337. The number of aromatic nitrogens is 3. The molecule has 1 spiro atoms. The predicted molar refractivity (Wildman–Crippen MR) is 116 cm³/mol. The van der Waals surface area contributed by atoms with Gasteiger partial charge in [0.1, 0.15) is 5.82 Å². The summed E-state index contributed by atoms with van der Waals surface area (Å²) < 4.78 is 18.5. The monoisotopic (exact) mass is 431 g/mol. The standard InChI is InChI=1S/C24H22FN5O2/c25-18-2-4-20(26-14-18)17-12-27-23(28-13-17)30-15-24(5-6-24)19-3-1-16(11-21(19)30)22(31)29-7-9-32-10-8-29/h1-4,11-14H,5-10,15H2. The molecule has 3 aromatic rings. The lowest BCUT2D eigenvalue weighted by Gasteiger charge is -2.27. The van der Waals surface area contributed by atoms with Crippen LogP contribution in [0.1, 0.15) is 28.8 Å². The van der Waals surface area contributed by atoms with Gasteiger partial charge in [0.15, 0.2) is 0 Å². The van der Waals surface area contributed by atoms with Crippen LogP contribution in [0.2, 0.25) is 0 Å². The van der Waals surface area contributed by atoms with Crippen LogP contribution >= 0.6 is 0 Å². The van der Waals surface area contributed by atoms with E-state index in [0.717, 1.165) is 30.6 Å². The van der Waals surface area contributed by atoms with Crippen LogP contribution in [0, 0.1) is 5.82 Å². The highest BCUT2D eigenvalue weighted by Gasteiger charge is 2.52. The molecule has 0 radical (unpaired) electrons. The normalized spacial score (nSPS) is 18.7. The molecule has 8 heteroatoms. The average Bonchev–Trinajstić information content (AvgIpc) is 3.56. The molecule has 0 N–H and O–H groups in total. The molecular formula is C24H22FN5O2. The van der Waals surface area contributed by atoms with Gasteiger partial charge in [-0.25, -0.2) is 14.4 Å². The molecule has 1 saturated heterocycles. The molecule has 1 saturated carbocycles. The first-order valence-electron chi connectivity index (χ1n) is 10.9. The molecule has 1 aromatic carbocycles. The second kappa shape index (κ2) is 7.34. The molecule has 2 fully saturated rings. The average molecular weight is 431 g/mol. The summed E-state index contributed by atoms with van der Waals surface area (Å²) in [6.07, 6.45) is 6.87. The number of amides is 1. The lowest BCUT2D eigenvalue weighted by Crippen LogP contribution is -2.40. The SMILES string of the molecule is O=C(c1ccc2c(c1)N(c1ncc(-c3ccc(F)cn3)cn1)CC21CC1)N1CCOCC1. The molecule has 2 aromatic heterocycles. The second-order valence-corrected chi connectivity index (χ2v) is 8.64. The smallest absolute Gasteiger partial charge is 0.254 e. The number of hydrogen-bond donors (Lipinski definition) is 0. The maximum Gasteiger partial charge on any atom is 0.254 e. The van der Waals surface area contributed by atoms with E-state index in [-0.39, 0.29) is 17.1 Å². The number of halogens is 1. The fourth-order valence-corrected chi connectivity index (χ4v) is 4.65. The van der Waals surface area contributed by atoms with Gasteiger partial charge in [0.2, 0.25) is 5.95 Å². The number of carbonyl (C=O) groups excluding carboxylic acids is 1. The molecule has 3 aliphatic rings. The Hall–Kier alpha value is -3.39. The summed E-state index contributed by atoms with van der Waals surface area (Å²) in [7, 11) is 0. The van der Waals surface area contributed by atoms with Crippen LogP contribution in [0.25, 0.3) is 11.3 Å². The number of morpholine rings is 1. The molecule has 6 rings (SSSR count). The van der Waals surface area contributed by atoms with Crippen LogP contribution < -0.4 is 4.90 Å². The third-order valence-corrected chi connectivity index (χ3v) is 6.62. The number of hydrogen-bond acceptors (Lipinski definition) is 6. The summed E-state index contributed by atoms with van der Waals surface area (Å²) >= 11 is 0. The van der Waals surface area contributed by atoms with Gasteiger partial charge in [0.25, 0.3) is 5.91 Å². The van der Waals surface area contributed by atoms with Gasteiger partial charge in [0, 0.05) is 54.3 Å². The number of pyridine rings is 1. The Kier molecular flexibility index (Phi) is 4.43. The number of anilines is 2. The summed E-state index contributed by atoms with van der Waals surface area (Å²) in [5, 5.41) is 0. The van der Waals surface area contributed by atoms with Crippen molar-refractivity contribution in [1.29, 1.82) is 0 Å². The molecule has 1 aliphatic carbocycles. The number of carbonyl (C=O) groups is 1. The van der Waals surface area contributed by atoms with E-state index >= 15 is 0 Å². The first-order valence-corrected chi connectivity index (χ1v) is 10.9. The van der Waals surface area contributed by atoms with Crippen LogP contribution in [0.15, 0.2) is 48.9 Å². The fourth-order valence-electron chi connectivity index (χ4n) is 4.65. The summed E-state index contributed by atoms with van der Waals surface area (Å²) in [6.45, 7) is 3.20. The first kappa shape index (κ1) is 19.3. The van der Waals surface area contributed by atoms with Crippen molar-refractivity contribution in [2.45, 2.75) is 18.3 Å². The van der Waals surface area contributed by atoms with Gasteiger partial charge in [-0.05, 0) is 42.7 Å². The Morgan fingerprint density at radius 2 is 1.78 bits per heavy atom. The van der Waals surface area contributed by atoms with Crippen LogP contribution in [-0.2, 0) is 10.2 Å². The van der Waals surface area contributed by atoms with Crippen molar-refractivity contribution in [3.05, 3.63) is 65.9 Å². The Labute approximate surface area is 184 Å². The highest BCUT2D eigenvalue weighted by molar-refractivity contribution is 5.96. The van der Waals surface area contributed by atoms with Gasteiger partial charge in [-0.3, -0.25) is 9.78 Å². The summed E-state index contributed by atoms with van der Waals surface area (Å²) in [5.41, 5.74) is 4.44. The van der Waals surface area contributed by atoms with E-state index in [9.17, 15) is 9.18 Å². The van der Waals surface area contributed by atoms with E-state index < -0.39 is 0 Å². The van der Waals surface area contributed by atoms with Crippen LogP contribution in [0.4, 0.5) is 16.0 Å². The van der Waals surface area contributed by atoms with Gasteiger partial charge in [-0.15, -0.1) is 0 Å². The predicted octanol–water partition coefficient (Wildman–Crippen LogP) is 3.33. The molecule has 7 nitrogen and oxygen atoms in total. The van der Waals surface area contributed by atoms with Crippen molar-refractivity contribution in [2.24, 2.45) is 0 Å². The topological polar surface area (TPSA) is 71.5 Å². The zero-order valence-corrected chi connectivity index (χ0v) is 17.5. The van der Waals surface area contributed by atoms with Gasteiger partial charge < -0.3 is 14.5 Å². The second-order valence-electron chi connectivity index (χ2n) is 8.64. The Morgan fingerprint density at radius 3 is 2.47 bits per heavy atom. The van der Waals surface area contributed by atoms with E-state index in [1.54, 1.807) is 18.5 Å². The van der Waals surface area contributed by atoms with E-state index in [1.165, 1.54) is 17.8 Å². The van der Waals surface area contributed by atoms with Gasteiger partial charge in [-0.2, -0.15) is 0 Å². The van der Waals surface area contributed by atoms with Crippen molar-refractivity contribution >= 4 is 17.5 Å². The third-order valence-electron chi connectivity index (χ3n) is 6.62. The lowest BCUT2D eigenvalue weighted by molar-refractivity contribution is 0.0303. The molecule has 2 aliphatic heterocycles. The molecule has 162 valence electrons. The quantitative estimate of drug-likeness (QED) is 0.634. The van der Waals surface area contributed by atoms with Crippen molar-refractivity contribution in [2.75, 3.05) is 37.7 Å². The van der Waals surface area contributed by atoms with Crippen molar-refractivity contribution < 1.29 is 13.9 Å². The van der Waals surface area contributed by atoms with Crippen LogP contribution in [0.5, 0.6) is 0 Å². The Morgan fingerprint density at radius 1 is 1.00 bits per heavy atom. The number of nitrogens with zero attached hydrogens (tertiary/aromatic N) is 5. The van der Waals surface area contributed by atoms with Crippen LogP contribution in [0.3, 0.4) is 0 Å². The lowest BCUT2D eigenvalue weighted by atomic mass is 9.97. The maximum atomic E-state index is 13.2. The zero-order valence-electron chi connectivity index (χ0n) is 17.5. The number of benzene rings is 1. The highest BCUT2D eigenvalue weighted by atomic mass is 19.1. The number of rotatable bonds is 3. The van der Waals surface area contributed by atoms with Crippen molar-refractivity contribution in [3.63, 3.8) is 0 Å². The third kappa shape index (κ3) is 3.22. The largest absolute Gasteiger partial charge is 0.378 e. The molecule has 0 unspecified atom stereocenters. The summed E-state index contributed by atoms with van der Waals surface area (Å²) in [5.74, 6) is 0.250. The van der Waals surface area contributed by atoms with E-state index in [1.807, 2.05) is 17.0 Å². The maximum absolute atomic E-state index is 13.2. The molecular weight excluding hydrogens is 409 g/mol. The van der Waals surface area contributed by atoms with Gasteiger partial charge in [-0.1, -0.05) is 6.07 Å². The highest BCUT2D eigenvalue weighted by Crippen LogP contribution is 2.57. The van der Waals surface area contributed by atoms with Crippen molar-refractivity contribution in [1.82, 2.24) is 19.9 Å². The Bertz CT molecular complexity index is 1170. The Balaban J connectivity index is 1.32. The number of fused-ring (bicyclic) bond motifs is 2. The molecule has 4 heterocycles. The van der Waals surface area contributed by atoms with Gasteiger partial charge >= 0.3 is 0 Å². The summed E-state index contributed by atoms with van der Waals surface area (Å²) in [6, 6.07) is 9.02. The molecule has 1 amide bonds. The minimum Gasteiger partial charge on any atom is -0.378 e. The zero-order chi connectivity index (χ0) is 21.7. The minimum atomic E-state index is -0.378. The van der Waals surface area contributed by atoms with Gasteiger partial charge in [0.05, 0.1) is 25.1 Å². The fraction of sp³-hybridized carbons (Fsp3) is 0.333. The number of ether oxygens (including phenoxy) is 1. The summed E-state index contributed by atoms with van der Waals surface area (Å²) in [4.78, 5) is 30.3.